The summed E-state index contributed by atoms with van der Waals surface area (Å²) < 4.78 is 0. The third-order valence-electron chi connectivity index (χ3n) is 2.82. The fourth-order valence-corrected chi connectivity index (χ4v) is 1.66. The second-order valence-electron chi connectivity index (χ2n) is 4.98. The molecule has 0 aromatic heterocycles. The van der Waals surface area contributed by atoms with Crippen molar-refractivity contribution < 1.29 is 0 Å². The van der Waals surface area contributed by atoms with Gasteiger partial charge in [-0.3, -0.25) is 0 Å². The van der Waals surface area contributed by atoms with Gasteiger partial charge < -0.3 is 10.6 Å². The minimum absolute atomic E-state index is 0.787. The topological polar surface area (TPSA) is 29.3 Å². The van der Waals surface area contributed by atoms with Crippen molar-refractivity contribution in [2.45, 2.75) is 26.7 Å². The van der Waals surface area contributed by atoms with Crippen LogP contribution in [0.15, 0.2) is 24.3 Å². The predicted molar refractivity (Wildman–Crippen MR) is 71.5 cm³/mol. The van der Waals surface area contributed by atoms with E-state index in [0.717, 1.165) is 24.6 Å². The van der Waals surface area contributed by atoms with Crippen LogP contribution in [0.5, 0.6) is 0 Å². The molecular weight excluding hydrogens is 196 g/mol. The molecule has 0 fully saturated rings. The molecule has 0 unspecified atom stereocenters. The highest BCUT2D eigenvalue weighted by molar-refractivity contribution is 5.40. The lowest BCUT2D eigenvalue weighted by Gasteiger charge is -2.17. The highest BCUT2D eigenvalue weighted by Crippen LogP contribution is 2.08. The number of likely N-dealkylation sites (N-methyl/N-ethyl adjacent to an activating group) is 1. The Kier molecular flexibility index (Phi) is 5.33. The summed E-state index contributed by atoms with van der Waals surface area (Å²) in [5.74, 6) is 0.787. The van der Waals surface area contributed by atoms with Crippen molar-refractivity contribution in [3.63, 3.8) is 0 Å². The molecule has 0 atom stereocenters. The van der Waals surface area contributed by atoms with Gasteiger partial charge in [0.2, 0.25) is 0 Å². The minimum atomic E-state index is 0.787. The van der Waals surface area contributed by atoms with E-state index in [4.69, 9.17) is 5.73 Å². The van der Waals surface area contributed by atoms with Crippen LogP contribution in [0.25, 0.3) is 0 Å². The Morgan fingerprint density at radius 1 is 1.25 bits per heavy atom. The summed E-state index contributed by atoms with van der Waals surface area (Å²) in [5, 5.41) is 0. The zero-order valence-corrected chi connectivity index (χ0v) is 10.7. The van der Waals surface area contributed by atoms with Gasteiger partial charge in [-0.15, -0.1) is 0 Å². The molecule has 1 aromatic carbocycles. The molecule has 0 amide bonds. The van der Waals surface area contributed by atoms with Gasteiger partial charge in [-0.2, -0.15) is 0 Å². The molecule has 0 aliphatic rings. The zero-order chi connectivity index (χ0) is 12.0. The molecule has 0 aliphatic heterocycles. The maximum Gasteiger partial charge on any atom is 0.0316 e. The normalized spacial score (nSPS) is 11.3. The van der Waals surface area contributed by atoms with Crippen molar-refractivity contribution in [1.82, 2.24) is 4.90 Å². The van der Waals surface area contributed by atoms with Gasteiger partial charge in [0.25, 0.3) is 0 Å². The molecule has 0 radical (unpaired) electrons. The molecular formula is C14H24N2. The first-order chi connectivity index (χ1) is 7.58. The monoisotopic (exact) mass is 220 g/mol. The number of rotatable bonds is 6. The molecule has 0 bridgehead atoms. The summed E-state index contributed by atoms with van der Waals surface area (Å²) in [6, 6.07) is 8.17. The van der Waals surface area contributed by atoms with Crippen LogP contribution in [-0.2, 0) is 6.42 Å². The van der Waals surface area contributed by atoms with Gasteiger partial charge in [-0.1, -0.05) is 26.0 Å². The first-order valence-corrected chi connectivity index (χ1v) is 6.11. The molecule has 0 heterocycles. The fourth-order valence-electron chi connectivity index (χ4n) is 1.66. The van der Waals surface area contributed by atoms with Crippen molar-refractivity contribution in [3.05, 3.63) is 29.8 Å². The average molecular weight is 220 g/mol. The number of nitrogen functional groups attached to an aromatic ring is 1. The fraction of sp³-hybridized carbons (Fsp3) is 0.571. The van der Waals surface area contributed by atoms with Gasteiger partial charge in [0, 0.05) is 12.2 Å². The van der Waals surface area contributed by atoms with Crippen LogP contribution in [0.2, 0.25) is 0 Å². The third kappa shape index (κ3) is 5.17. The van der Waals surface area contributed by atoms with Crippen LogP contribution in [0.3, 0.4) is 0 Å². The summed E-state index contributed by atoms with van der Waals surface area (Å²) in [6.07, 6.45) is 2.35. The number of hydrogen-bond donors (Lipinski definition) is 1. The molecule has 2 N–H and O–H groups in total. The summed E-state index contributed by atoms with van der Waals surface area (Å²) in [4.78, 5) is 2.39. The van der Waals surface area contributed by atoms with Crippen LogP contribution in [0.4, 0.5) is 5.69 Å². The Labute approximate surface area is 99.5 Å². The maximum absolute atomic E-state index is 5.75. The van der Waals surface area contributed by atoms with Crippen LogP contribution in [0.1, 0.15) is 25.8 Å². The Hall–Kier alpha value is -1.02. The van der Waals surface area contributed by atoms with E-state index < -0.39 is 0 Å². The van der Waals surface area contributed by atoms with Crippen molar-refractivity contribution in [2.75, 3.05) is 25.9 Å². The molecule has 2 heteroatoms. The van der Waals surface area contributed by atoms with Gasteiger partial charge in [0.15, 0.2) is 0 Å². The van der Waals surface area contributed by atoms with Crippen LogP contribution in [0, 0.1) is 5.92 Å². The van der Waals surface area contributed by atoms with Gasteiger partial charge in [0.1, 0.15) is 0 Å². The molecule has 1 aromatic rings. The standard InChI is InChI=1S/C14H24N2/c1-12(2)7-9-16(3)10-8-13-5-4-6-14(15)11-13/h4-6,11-12H,7-10,15H2,1-3H3. The lowest BCUT2D eigenvalue weighted by molar-refractivity contribution is 0.314. The van der Waals surface area contributed by atoms with E-state index in [1.807, 2.05) is 12.1 Å². The number of nitrogens with two attached hydrogens (primary N) is 1. The highest BCUT2D eigenvalue weighted by Gasteiger charge is 2.01. The number of anilines is 1. The number of nitrogens with zero attached hydrogens (tertiary/aromatic N) is 1. The van der Waals surface area contributed by atoms with E-state index >= 15 is 0 Å². The SMILES string of the molecule is CC(C)CCN(C)CCc1cccc(N)c1. The summed E-state index contributed by atoms with van der Waals surface area (Å²) in [6.45, 7) is 6.83. The van der Waals surface area contributed by atoms with Crippen molar-refractivity contribution in [3.8, 4) is 0 Å². The first kappa shape index (κ1) is 13.0. The van der Waals surface area contributed by atoms with Crippen molar-refractivity contribution >= 4 is 5.69 Å². The number of hydrogen-bond acceptors (Lipinski definition) is 2. The molecule has 0 saturated carbocycles. The molecule has 0 saturated heterocycles. The van der Waals surface area contributed by atoms with E-state index in [9.17, 15) is 0 Å². The maximum atomic E-state index is 5.75. The van der Waals surface area contributed by atoms with Gasteiger partial charge in [-0.25, -0.2) is 0 Å². The molecule has 0 aliphatic carbocycles. The summed E-state index contributed by atoms with van der Waals surface area (Å²) >= 11 is 0. The van der Waals surface area contributed by atoms with Crippen molar-refractivity contribution in [1.29, 1.82) is 0 Å². The smallest absolute Gasteiger partial charge is 0.0316 e. The van der Waals surface area contributed by atoms with Crippen LogP contribution >= 0.6 is 0 Å². The molecule has 2 nitrogen and oxygen atoms in total. The summed E-state index contributed by atoms with van der Waals surface area (Å²) in [5.41, 5.74) is 7.94. The lowest BCUT2D eigenvalue weighted by atomic mass is 10.1. The molecule has 1 rings (SSSR count). The minimum Gasteiger partial charge on any atom is -0.399 e. The third-order valence-corrected chi connectivity index (χ3v) is 2.82. The number of benzene rings is 1. The van der Waals surface area contributed by atoms with E-state index in [-0.39, 0.29) is 0 Å². The van der Waals surface area contributed by atoms with Crippen molar-refractivity contribution in [2.24, 2.45) is 5.92 Å². The van der Waals surface area contributed by atoms with Gasteiger partial charge in [-0.05, 0) is 50.0 Å². The predicted octanol–water partition coefficient (Wildman–Crippen LogP) is 2.79. The van der Waals surface area contributed by atoms with Crippen LogP contribution < -0.4 is 5.73 Å². The van der Waals surface area contributed by atoms with E-state index in [1.54, 1.807) is 0 Å². The Balaban J connectivity index is 2.28. The van der Waals surface area contributed by atoms with Gasteiger partial charge >= 0.3 is 0 Å². The van der Waals surface area contributed by atoms with E-state index in [0.29, 0.717) is 0 Å². The molecule has 90 valence electrons. The second kappa shape index (κ2) is 6.54. The Bertz CT molecular complexity index is 307. The van der Waals surface area contributed by atoms with Gasteiger partial charge in [0.05, 0.1) is 0 Å². The molecule has 16 heavy (non-hydrogen) atoms. The Morgan fingerprint density at radius 3 is 2.62 bits per heavy atom. The largest absolute Gasteiger partial charge is 0.399 e. The second-order valence-corrected chi connectivity index (χ2v) is 4.98. The van der Waals surface area contributed by atoms with Crippen LogP contribution in [-0.4, -0.2) is 25.0 Å². The van der Waals surface area contributed by atoms with E-state index in [2.05, 4.69) is 37.9 Å². The lowest BCUT2D eigenvalue weighted by Crippen LogP contribution is -2.23. The zero-order valence-electron chi connectivity index (χ0n) is 10.7. The quantitative estimate of drug-likeness (QED) is 0.747. The Morgan fingerprint density at radius 2 is 2.00 bits per heavy atom. The first-order valence-electron chi connectivity index (χ1n) is 6.11. The molecule has 0 spiro atoms. The average Bonchev–Trinajstić information content (AvgIpc) is 2.23. The highest BCUT2D eigenvalue weighted by atomic mass is 15.1. The summed E-state index contributed by atoms with van der Waals surface area (Å²) in [7, 11) is 2.19. The van der Waals surface area contributed by atoms with E-state index in [1.165, 1.54) is 18.5 Å².